The summed E-state index contributed by atoms with van der Waals surface area (Å²) in [4.78, 5) is 28.3. The fraction of sp³-hybridized carbons (Fsp3) is 0.556. The van der Waals surface area contributed by atoms with Crippen LogP contribution in [-0.2, 0) is 17.8 Å². The van der Waals surface area contributed by atoms with Gasteiger partial charge < -0.3 is 4.90 Å². The summed E-state index contributed by atoms with van der Waals surface area (Å²) in [5, 5.41) is 13.1. The highest BCUT2D eigenvalue weighted by Crippen LogP contribution is 2.27. The Balaban J connectivity index is 2.03. The van der Waals surface area contributed by atoms with Crippen LogP contribution in [0, 0.1) is 10.1 Å². The second kappa shape index (κ2) is 4.76. The number of aromatic nitrogens is 1. The van der Waals surface area contributed by atoms with E-state index in [0.717, 1.165) is 30.1 Å². The predicted molar refractivity (Wildman–Crippen MR) is 62.6 cm³/mol. The lowest BCUT2D eigenvalue weighted by Crippen LogP contribution is -2.25. The van der Waals surface area contributed by atoms with E-state index >= 15 is 0 Å². The number of carbonyl (C=O) groups excluding carboxylic acids is 1. The van der Waals surface area contributed by atoms with Gasteiger partial charge in [-0.25, -0.2) is 4.98 Å². The Morgan fingerprint density at radius 2 is 2.47 bits per heavy atom. The molecule has 0 fully saturated rings. The van der Waals surface area contributed by atoms with Gasteiger partial charge in [0.25, 0.3) is 12.5 Å². The third kappa shape index (κ3) is 2.98. The highest BCUT2D eigenvalue weighted by molar-refractivity contribution is 7.15. The summed E-state index contributed by atoms with van der Waals surface area (Å²) < 4.78 is 0. The summed E-state index contributed by atoms with van der Waals surface area (Å²) in [6.07, 6.45) is 0.855. The van der Waals surface area contributed by atoms with E-state index in [4.69, 9.17) is 0 Å². The van der Waals surface area contributed by atoms with Gasteiger partial charge >= 0.3 is 0 Å². The minimum Gasteiger partial charge on any atom is -0.301 e. The highest BCUT2D eigenvalue weighted by Gasteiger charge is 2.19. The zero-order valence-electron chi connectivity index (χ0n) is 9.30. The number of carbonyl (C=O) groups is 1. The van der Waals surface area contributed by atoms with Gasteiger partial charge in [0.05, 0.1) is 5.69 Å². The van der Waals surface area contributed by atoms with Crippen molar-refractivity contribution in [2.45, 2.75) is 13.0 Å². The molecule has 0 radical (unpaired) electrons. The van der Waals surface area contributed by atoms with Crippen molar-refractivity contribution < 1.29 is 9.72 Å². The van der Waals surface area contributed by atoms with E-state index in [-0.39, 0.29) is 0 Å². The molecule has 2 heterocycles. The van der Waals surface area contributed by atoms with Crippen LogP contribution in [0.2, 0.25) is 0 Å². The molecular formula is C9H12N4O3S. The third-order valence-electron chi connectivity index (χ3n) is 2.44. The normalized spacial score (nSPS) is 15.4. The third-order valence-corrected chi connectivity index (χ3v) is 3.44. The molecule has 1 aromatic heterocycles. The van der Waals surface area contributed by atoms with Gasteiger partial charge in [-0.2, -0.15) is 0 Å². The maximum Gasteiger partial charge on any atom is 0.297 e. The number of nitro groups is 1. The van der Waals surface area contributed by atoms with Crippen molar-refractivity contribution in [2.24, 2.45) is 0 Å². The molecule has 7 nitrogen and oxygen atoms in total. The monoisotopic (exact) mass is 256 g/mol. The molecule has 1 aliphatic rings. The molecule has 1 aliphatic heterocycles. The van der Waals surface area contributed by atoms with E-state index in [1.165, 1.54) is 11.3 Å². The van der Waals surface area contributed by atoms with E-state index < -0.39 is 17.4 Å². The largest absolute Gasteiger partial charge is 0.301 e. The number of amides is 1. The predicted octanol–water partition coefficient (Wildman–Crippen LogP) is 0.346. The standard InChI is InChI=1S/C9H12N4O3S/c1-12-3-2-6-7(4-12)17-9(10-6)11-8(14)5-13(15)16/h2-5H2,1H3,(H,10,11,14). The molecule has 0 spiro atoms. The lowest BCUT2D eigenvalue weighted by atomic mass is 10.2. The van der Waals surface area contributed by atoms with E-state index in [9.17, 15) is 14.9 Å². The molecule has 0 aliphatic carbocycles. The average Bonchev–Trinajstić information content (AvgIpc) is 2.57. The number of anilines is 1. The molecule has 1 aromatic rings. The van der Waals surface area contributed by atoms with Crippen molar-refractivity contribution in [3.8, 4) is 0 Å². The summed E-state index contributed by atoms with van der Waals surface area (Å²) in [5.41, 5.74) is 0.990. The number of hydrogen-bond acceptors (Lipinski definition) is 6. The van der Waals surface area contributed by atoms with E-state index in [2.05, 4.69) is 15.2 Å². The first-order valence-electron chi connectivity index (χ1n) is 5.13. The van der Waals surface area contributed by atoms with E-state index in [0.29, 0.717) is 5.13 Å². The van der Waals surface area contributed by atoms with Gasteiger partial charge in [0, 0.05) is 29.3 Å². The maximum atomic E-state index is 11.2. The zero-order chi connectivity index (χ0) is 12.4. The van der Waals surface area contributed by atoms with Gasteiger partial charge in [-0.05, 0) is 7.05 Å². The highest BCUT2D eigenvalue weighted by atomic mass is 32.1. The maximum absolute atomic E-state index is 11.2. The number of nitrogens with zero attached hydrogens (tertiary/aromatic N) is 3. The number of hydrogen-bond donors (Lipinski definition) is 1. The van der Waals surface area contributed by atoms with Crippen LogP contribution in [0.1, 0.15) is 10.6 Å². The lowest BCUT2D eigenvalue weighted by molar-refractivity contribution is -0.467. The van der Waals surface area contributed by atoms with Gasteiger partial charge in [-0.15, -0.1) is 11.3 Å². The number of fused-ring (bicyclic) bond motifs is 1. The van der Waals surface area contributed by atoms with Crippen LogP contribution < -0.4 is 5.32 Å². The van der Waals surface area contributed by atoms with Crippen molar-refractivity contribution in [2.75, 3.05) is 25.5 Å². The first-order valence-corrected chi connectivity index (χ1v) is 5.95. The topological polar surface area (TPSA) is 88.4 Å². The fourth-order valence-electron chi connectivity index (χ4n) is 1.65. The Labute approximate surface area is 102 Å². The Kier molecular flexibility index (Phi) is 3.34. The van der Waals surface area contributed by atoms with Crippen LogP contribution in [0.15, 0.2) is 0 Å². The molecule has 92 valence electrons. The molecule has 0 unspecified atom stereocenters. The summed E-state index contributed by atoms with van der Waals surface area (Å²) in [6.45, 7) is 1.04. The Morgan fingerprint density at radius 3 is 3.18 bits per heavy atom. The van der Waals surface area contributed by atoms with Gasteiger partial charge in [0.15, 0.2) is 5.13 Å². The summed E-state index contributed by atoms with van der Waals surface area (Å²) in [5.74, 6) is -0.630. The number of nitrogens with one attached hydrogen (secondary N) is 1. The Hall–Kier alpha value is -1.54. The van der Waals surface area contributed by atoms with Gasteiger partial charge in [0.1, 0.15) is 0 Å². The SMILES string of the molecule is CN1CCc2nc(NC(=O)C[N+](=O)[O-])sc2C1. The Morgan fingerprint density at radius 1 is 1.71 bits per heavy atom. The second-order valence-electron chi connectivity index (χ2n) is 3.92. The molecular weight excluding hydrogens is 244 g/mol. The average molecular weight is 256 g/mol. The molecule has 8 heteroatoms. The molecule has 0 atom stereocenters. The summed E-state index contributed by atoms with van der Waals surface area (Å²) >= 11 is 1.39. The molecule has 2 rings (SSSR count). The first-order chi connectivity index (χ1) is 8.04. The number of rotatable bonds is 3. The van der Waals surface area contributed by atoms with Crippen molar-refractivity contribution in [1.29, 1.82) is 0 Å². The quantitative estimate of drug-likeness (QED) is 0.622. The molecule has 0 aromatic carbocycles. The minimum atomic E-state index is -0.718. The molecule has 0 saturated carbocycles. The number of thiazole rings is 1. The Bertz CT molecular complexity index is 459. The first kappa shape index (κ1) is 11.9. The molecule has 0 saturated heterocycles. The van der Waals surface area contributed by atoms with Crippen molar-refractivity contribution in [3.05, 3.63) is 20.7 Å². The van der Waals surface area contributed by atoms with Crippen LogP contribution in [0.25, 0.3) is 0 Å². The van der Waals surface area contributed by atoms with Crippen LogP contribution in [-0.4, -0.2) is 40.9 Å². The number of likely N-dealkylation sites (N-methyl/N-ethyl adjacent to an activating group) is 1. The lowest BCUT2D eigenvalue weighted by Gasteiger charge is -2.20. The fourth-order valence-corrected chi connectivity index (χ4v) is 2.76. The van der Waals surface area contributed by atoms with Crippen LogP contribution in [0.5, 0.6) is 0 Å². The van der Waals surface area contributed by atoms with Crippen LogP contribution >= 0.6 is 11.3 Å². The smallest absolute Gasteiger partial charge is 0.297 e. The van der Waals surface area contributed by atoms with Crippen molar-refractivity contribution >= 4 is 22.4 Å². The van der Waals surface area contributed by atoms with E-state index in [1.807, 2.05) is 7.05 Å². The van der Waals surface area contributed by atoms with Crippen molar-refractivity contribution in [3.63, 3.8) is 0 Å². The van der Waals surface area contributed by atoms with Crippen LogP contribution in [0.4, 0.5) is 5.13 Å². The minimum absolute atomic E-state index is 0.456. The van der Waals surface area contributed by atoms with Gasteiger partial charge in [-0.3, -0.25) is 20.2 Å². The summed E-state index contributed by atoms with van der Waals surface area (Å²) in [6, 6.07) is 0. The molecule has 1 amide bonds. The van der Waals surface area contributed by atoms with E-state index in [1.54, 1.807) is 0 Å². The molecule has 0 bridgehead atoms. The molecule has 17 heavy (non-hydrogen) atoms. The molecule has 1 N–H and O–H groups in total. The van der Waals surface area contributed by atoms with Crippen LogP contribution in [0.3, 0.4) is 0 Å². The zero-order valence-corrected chi connectivity index (χ0v) is 10.1. The van der Waals surface area contributed by atoms with Gasteiger partial charge in [-0.1, -0.05) is 0 Å². The summed E-state index contributed by atoms with van der Waals surface area (Å²) in [7, 11) is 2.02. The second-order valence-corrected chi connectivity index (χ2v) is 5.00. The van der Waals surface area contributed by atoms with Gasteiger partial charge in [0.2, 0.25) is 0 Å². The van der Waals surface area contributed by atoms with Crippen molar-refractivity contribution in [1.82, 2.24) is 9.88 Å².